The topological polar surface area (TPSA) is 89.6 Å². The Bertz CT molecular complexity index is 867. The van der Waals surface area contributed by atoms with Crippen molar-refractivity contribution in [3.05, 3.63) is 64.7 Å². The van der Waals surface area contributed by atoms with Gasteiger partial charge >= 0.3 is 0 Å². The Morgan fingerprint density at radius 2 is 2.15 bits per heavy atom. The van der Waals surface area contributed by atoms with Crippen molar-refractivity contribution in [2.24, 2.45) is 10.7 Å². The van der Waals surface area contributed by atoms with Gasteiger partial charge < -0.3 is 15.8 Å². The van der Waals surface area contributed by atoms with Gasteiger partial charge in [0.05, 0.1) is 12.2 Å². The summed E-state index contributed by atoms with van der Waals surface area (Å²) in [5, 5.41) is 2.52. The fourth-order valence-electron chi connectivity index (χ4n) is 2.06. The minimum Gasteiger partial charge on any atom is -0.465 e. The van der Waals surface area contributed by atoms with Gasteiger partial charge in [0, 0.05) is 32.3 Å². The maximum Gasteiger partial charge on any atom is 0.281 e. The molecule has 0 fully saturated rings. The van der Waals surface area contributed by atoms with E-state index in [1.807, 2.05) is 0 Å². The second kappa shape index (κ2) is 9.18. The standard InChI is InChI=1S/C19H19FN4O2/c1-22-18(25)15-5-7-16(24-12-15)6-3-13-4-8-17(20)14(11-13)9-10-26-19(21)23-2/h4-5,7-8,11-12H,9-10H2,1-2H3,(H2,21,23)(H,22,25). The van der Waals surface area contributed by atoms with Gasteiger partial charge in [-0.15, -0.1) is 0 Å². The highest BCUT2D eigenvalue weighted by molar-refractivity contribution is 5.93. The van der Waals surface area contributed by atoms with E-state index in [4.69, 9.17) is 10.5 Å². The van der Waals surface area contributed by atoms with Crippen molar-refractivity contribution in [3.8, 4) is 11.8 Å². The fourth-order valence-corrected chi connectivity index (χ4v) is 2.06. The number of nitrogens with zero attached hydrogens (tertiary/aromatic N) is 2. The number of carbonyl (C=O) groups is 1. The number of nitrogens with two attached hydrogens (primary N) is 1. The van der Waals surface area contributed by atoms with Crippen molar-refractivity contribution in [2.75, 3.05) is 20.7 Å². The molecule has 134 valence electrons. The van der Waals surface area contributed by atoms with Crippen molar-refractivity contribution >= 4 is 11.9 Å². The molecular formula is C19H19FN4O2. The van der Waals surface area contributed by atoms with E-state index in [1.54, 1.807) is 31.3 Å². The van der Waals surface area contributed by atoms with Crippen molar-refractivity contribution in [1.29, 1.82) is 0 Å². The highest BCUT2D eigenvalue weighted by atomic mass is 19.1. The summed E-state index contributed by atoms with van der Waals surface area (Å²) in [7, 11) is 3.07. The van der Waals surface area contributed by atoms with Crippen LogP contribution in [0.3, 0.4) is 0 Å². The highest BCUT2D eigenvalue weighted by Crippen LogP contribution is 2.11. The van der Waals surface area contributed by atoms with Gasteiger partial charge in [-0.05, 0) is 41.8 Å². The molecule has 0 bridgehead atoms. The van der Waals surface area contributed by atoms with Crippen LogP contribution >= 0.6 is 0 Å². The Labute approximate surface area is 151 Å². The average Bonchev–Trinajstić information content (AvgIpc) is 2.67. The number of aliphatic imine (C=N–C) groups is 1. The molecule has 0 aliphatic rings. The van der Waals surface area contributed by atoms with Crippen LogP contribution in [0.2, 0.25) is 0 Å². The molecule has 0 atom stereocenters. The maximum atomic E-state index is 13.9. The van der Waals surface area contributed by atoms with Crippen molar-refractivity contribution in [1.82, 2.24) is 10.3 Å². The predicted molar refractivity (Wildman–Crippen MR) is 97.2 cm³/mol. The third-order valence-electron chi connectivity index (χ3n) is 3.48. The number of nitrogens with one attached hydrogen (secondary N) is 1. The number of rotatable bonds is 4. The van der Waals surface area contributed by atoms with Gasteiger partial charge in [0.25, 0.3) is 11.9 Å². The normalized spacial score (nSPS) is 10.7. The van der Waals surface area contributed by atoms with Crippen LogP contribution in [-0.4, -0.2) is 37.6 Å². The number of benzene rings is 1. The third-order valence-corrected chi connectivity index (χ3v) is 3.48. The molecule has 3 N–H and O–H groups in total. The lowest BCUT2D eigenvalue weighted by Crippen LogP contribution is -2.17. The highest BCUT2D eigenvalue weighted by Gasteiger charge is 2.04. The molecule has 6 nitrogen and oxygen atoms in total. The largest absolute Gasteiger partial charge is 0.465 e. The molecule has 1 aromatic carbocycles. The Balaban J connectivity index is 2.09. The number of hydrogen-bond acceptors (Lipinski definition) is 4. The SMILES string of the molecule is CN=C(N)OCCc1cc(C#Cc2ccc(C(=O)NC)cn2)ccc1F. The fraction of sp³-hybridized carbons (Fsp3) is 0.211. The van der Waals surface area contributed by atoms with Gasteiger partial charge in [-0.3, -0.25) is 4.79 Å². The Kier molecular flexibility index (Phi) is 6.68. The van der Waals surface area contributed by atoms with Crippen LogP contribution in [0.5, 0.6) is 0 Å². The van der Waals surface area contributed by atoms with Crippen molar-refractivity contribution in [2.45, 2.75) is 6.42 Å². The number of hydrogen-bond donors (Lipinski definition) is 2. The van der Waals surface area contributed by atoms with E-state index in [0.717, 1.165) is 0 Å². The molecule has 0 saturated carbocycles. The molecule has 1 aromatic heterocycles. The van der Waals surface area contributed by atoms with Crippen LogP contribution in [0.15, 0.2) is 41.5 Å². The number of amides is 1. The lowest BCUT2D eigenvalue weighted by atomic mass is 10.1. The maximum absolute atomic E-state index is 13.9. The van der Waals surface area contributed by atoms with E-state index in [2.05, 4.69) is 27.1 Å². The van der Waals surface area contributed by atoms with Crippen LogP contribution < -0.4 is 11.1 Å². The van der Waals surface area contributed by atoms with Gasteiger partial charge in [0.2, 0.25) is 0 Å². The van der Waals surface area contributed by atoms with E-state index in [1.165, 1.54) is 19.3 Å². The molecule has 1 heterocycles. The van der Waals surface area contributed by atoms with Crippen LogP contribution in [0, 0.1) is 17.7 Å². The molecular weight excluding hydrogens is 335 g/mol. The van der Waals surface area contributed by atoms with Gasteiger partial charge in [-0.25, -0.2) is 14.4 Å². The summed E-state index contributed by atoms with van der Waals surface area (Å²) in [4.78, 5) is 19.3. The number of pyridine rings is 1. The summed E-state index contributed by atoms with van der Waals surface area (Å²) >= 11 is 0. The molecule has 7 heteroatoms. The second-order valence-electron chi connectivity index (χ2n) is 5.23. The summed E-state index contributed by atoms with van der Waals surface area (Å²) in [5.74, 6) is 5.28. The first-order chi connectivity index (χ1) is 12.5. The second-order valence-corrected chi connectivity index (χ2v) is 5.23. The molecule has 0 saturated heterocycles. The smallest absolute Gasteiger partial charge is 0.281 e. The number of ether oxygens (including phenoxy) is 1. The van der Waals surface area contributed by atoms with Crippen LogP contribution in [-0.2, 0) is 11.2 Å². The van der Waals surface area contributed by atoms with Crippen molar-refractivity contribution in [3.63, 3.8) is 0 Å². The minimum atomic E-state index is -0.334. The first-order valence-electron chi connectivity index (χ1n) is 7.87. The summed E-state index contributed by atoms with van der Waals surface area (Å²) in [6.45, 7) is 0.222. The number of amidine groups is 1. The van der Waals surface area contributed by atoms with Crippen LogP contribution in [0.1, 0.15) is 27.2 Å². The molecule has 0 spiro atoms. The summed E-state index contributed by atoms with van der Waals surface area (Å²) in [6.07, 6.45) is 1.80. The molecule has 2 aromatic rings. The van der Waals surface area contributed by atoms with Crippen LogP contribution in [0.25, 0.3) is 0 Å². The molecule has 1 amide bonds. The van der Waals surface area contributed by atoms with Gasteiger partial charge in [-0.2, -0.15) is 0 Å². The number of halogens is 1. The summed E-state index contributed by atoms with van der Waals surface area (Å²) < 4.78 is 19.0. The Morgan fingerprint density at radius 1 is 1.35 bits per heavy atom. The molecule has 0 unspecified atom stereocenters. The zero-order valence-corrected chi connectivity index (χ0v) is 14.5. The van der Waals surface area contributed by atoms with Gasteiger partial charge in [-0.1, -0.05) is 5.92 Å². The zero-order valence-electron chi connectivity index (χ0n) is 14.5. The van der Waals surface area contributed by atoms with Gasteiger partial charge in [0.1, 0.15) is 11.5 Å². The Hall–Kier alpha value is -3.40. The quantitative estimate of drug-likeness (QED) is 0.494. The third kappa shape index (κ3) is 5.31. The molecule has 0 radical (unpaired) electrons. The molecule has 0 aliphatic carbocycles. The number of aromatic nitrogens is 1. The van der Waals surface area contributed by atoms with Crippen molar-refractivity contribution < 1.29 is 13.9 Å². The van der Waals surface area contributed by atoms with E-state index in [9.17, 15) is 9.18 Å². The average molecular weight is 354 g/mol. The molecule has 0 aliphatic heterocycles. The number of carbonyl (C=O) groups excluding carboxylic acids is 1. The van der Waals surface area contributed by atoms with Crippen LogP contribution in [0.4, 0.5) is 4.39 Å². The Morgan fingerprint density at radius 3 is 2.81 bits per heavy atom. The molecule has 2 rings (SSSR count). The predicted octanol–water partition coefficient (Wildman–Crippen LogP) is 1.48. The lowest BCUT2D eigenvalue weighted by molar-refractivity contribution is 0.0962. The molecule has 26 heavy (non-hydrogen) atoms. The van der Waals surface area contributed by atoms with E-state index in [0.29, 0.717) is 28.8 Å². The van der Waals surface area contributed by atoms with Gasteiger partial charge in [0.15, 0.2) is 0 Å². The summed E-state index contributed by atoms with van der Waals surface area (Å²) in [6, 6.07) is 7.97. The summed E-state index contributed by atoms with van der Waals surface area (Å²) in [5.41, 5.74) is 7.53. The van der Waals surface area contributed by atoms with E-state index in [-0.39, 0.29) is 24.4 Å². The minimum absolute atomic E-state index is 0.0626. The lowest BCUT2D eigenvalue weighted by Gasteiger charge is -2.06. The zero-order chi connectivity index (χ0) is 18.9. The first-order valence-corrected chi connectivity index (χ1v) is 7.87. The van der Waals surface area contributed by atoms with E-state index >= 15 is 0 Å². The first kappa shape index (κ1) is 18.9. The monoisotopic (exact) mass is 354 g/mol. The van der Waals surface area contributed by atoms with E-state index < -0.39 is 0 Å².